The van der Waals surface area contributed by atoms with Crippen LogP contribution in [0.1, 0.15) is 39.5 Å². The molecule has 0 bridgehead atoms. The molecule has 41 heavy (non-hydrogen) atoms. The van der Waals surface area contributed by atoms with E-state index in [4.69, 9.17) is 16.6 Å². The van der Waals surface area contributed by atoms with Crippen LogP contribution in [0.15, 0.2) is 99.5 Å². The molecule has 0 saturated heterocycles. The van der Waals surface area contributed by atoms with Crippen LogP contribution in [0.4, 0.5) is 26.6 Å². The van der Waals surface area contributed by atoms with E-state index in [1.165, 1.54) is 48.4 Å². The highest BCUT2D eigenvalue weighted by atomic mass is 35.5. The first-order valence-corrected chi connectivity index (χ1v) is 16.7. The van der Waals surface area contributed by atoms with Gasteiger partial charge < -0.3 is 0 Å². The van der Waals surface area contributed by atoms with Gasteiger partial charge >= 0.3 is 0 Å². The SMILES string of the molecule is CCCCC(CC)CSc1nnc(/N=N/c2sc(N(c3ccccc3)c3ccccc3)nc2-c2ccc(Cl)cc2)s1. The Bertz CT molecular complexity index is 1500. The van der Waals surface area contributed by atoms with E-state index in [0.717, 1.165) is 37.9 Å². The summed E-state index contributed by atoms with van der Waals surface area (Å²) < 4.78 is 0.927. The van der Waals surface area contributed by atoms with Crippen molar-refractivity contribution in [3.8, 4) is 11.3 Å². The number of benzene rings is 3. The number of para-hydroxylation sites is 2. The summed E-state index contributed by atoms with van der Waals surface area (Å²) in [5, 5.41) is 20.5. The number of hydrogen-bond acceptors (Lipinski definition) is 9. The lowest BCUT2D eigenvalue weighted by Crippen LogP contribution is -2.09. The summed E-state index contributed by atoms with van der Waals surface area (Å²) in [6.07, 6.45) is 4.95. The zero-order valence-corrected chi connectivity index (χ0v) is 26.2. The monoisotopic (exact) mass is 618 g/mol. The van der Waals surface area contributed by atoms with Gasteiger partial charge in [0.05, 0.1) is 0 Å². The van der Waals surface area contributed by atoms with E-state index in [0.29, 0.717) is 21.1 Å². The molecular weight excluding hydrogens is 588 g/mol. The molecule has 0 aliphatic carbocycles. The maximum atomic E-state index is 6.19. The van der Waals surface area contributed by atoms with Crippen LogP contribution in [0.2, 0.25) is 5.02 Å². The zero-order chi connectivity index (χ0) is 28.4. The van der Waals surface area contributed by atoms with Crippen molar-refractivity contribution in [3.63, 3.8) is 0 Å². The molecule has 0 aliphatic rings. The number of anilines is 3. The van der Waals surface area contributed by atoms with Gasteiger partial charge in [0.15, 0.2) is 14.5 Å². The van der Waals surface area contributed by atoms with Crippen LogP contribution >= 0.6 is 46.0 Å². The average molecular weight is 619 g/mol. The summed E-state index contributed by atoms with van der Waals surface area (Å²) in [6.45, 7) is 4.51. The molecule has 0 N–H and O–H groups in total. The largest absolute Gasteiger partial charge is 0.286 e. The normalized spacial score (nSPS) is 12.2. The van der Waals surface area contributed by atoms with Gasteiger partial charge in [-0.1, -0.05) is 128 Å². The average Bonchev–Trinajstić information content (AvgIpc) is 3.65. The summed E-state index contributed by atoms with van der Waals surface area (Å²) in [6, 6.07) is 28.0. The van der Waals surface area contributed by atoms with Crippen molar-refractivity contribution in [2.45, 2.75) is 43.9 Å². The van der Waals surface area contributed by atoms with Gasteiger partial charge in [0, 0.05) is 27.7 Å². The van der Waals surface area contributed by atoms with Gasteiger partial charge in [-0.05, 0) is 48.7 Å². The minimum absolute atomic E-state index is 0.536. The number of thioether (sulfide) groups is 1. The van der Waals surface area contributed by atoms with Crippen LogP contribution in [0, 0.1) is 5.92 Å². The fourth-order valence-electron chi connectivity index (χ4n) is 4.26. The Morgan fingerprint density at radius 2 is 1.54 bits per heavy atom. The van der Waals surface area contributed by atoms with Crippen molar-refractivity contribution >= 4 is 72.7 Å². The summed E-state index contributed by atoms with van der Waals surface area (Å²) in [7, 11) is 0. The van der Waals surface area contributed by atoms with Gasteiger partial charge in [-0.3, -0.25) is 4.90 Å². The smallest absolute Gasteiger partial charge is 0.252 e. The third-order valence-electron chi connectivity index (χ3n) is 6.54. The molecule has 5 aromatic rings. The quantitative estimate of drug-likeness (QED) is 0.0969. The number of azo groups is 1. The molecule has 0 spiro atoms. The van der Waals surface area contributed by atoms with E-state index in [1.807, 2.05) is 60.7 Å². The highest BCUT2D eigenvalue weighted by Crippen LogP contribution is 2.45. The number of thiazole rings is 1. The lowest BCUT2D eigenvalue weighted by Gasteiger charge is -2.22. The van der Waals surface area contributed by atoms with Crippen LogP contribution in [0.25, 0.3) is 11.3 Å². The van der Waals surface area contributed by atoms with Crippen molar-refractivity contribution in [2.24, 2.45) is 16.1 Å². The lowest BCUT2D eigenvalue weighted by atomic mass is 10.0. The molecule has 5 rings (SSSR count). The maximum Gasteiger partial charge on any atom is 0.252 e. The van der Waals surface area contributed by atoms with E-state index < -0.39 is 0 Å². The molecule has 1 unspecified atom stereocenters. The molecule has 0 aliphatic heterocycles. The first-order valence-electron chi connectivity index (χ1n) is 13.7. The molecule has 10 heteroatoms. The van der Waals surface area contributed by atoms with Crippen LogP contribution in [0.5, 0.6) is 0 Å². The summed E-state index contributed by atoms with van der Waals surface area (Å²) in [5.41, 5.74) is 3.67. The second-order valence-electron chi connectivity index (χ2n) is 9.44. The van der Waals surface area contributed by atoms with Gasteiger partial charge in [-0.25, -0.2) is 4.98 Å². The predicted octanol–water partition coefficient (Wildman–Crippen LogP) is 11.5. The Morgan fingerprint density at radius 3 is 2.17 bits per heavy atom. The lowest BCUT2D eigenvalue weighted by molar-refractivity contribution is 0.499. The standard InChI is InChI=1S/C31H31ClN6S3/c1-3-5-12-22(4-2)21-39-31-37-36-29(41-31)35-34-28-27(23-17-19-24(32)20-18-23)33-30(40-28)38(25-13-8-6-9-14-25)26-15-10-7-11-16-26/h6-11,13-20,22H,3-5,12,21H2,1-2H3/b35-34+. The Labute approximate surface area is 258 Å². The van der Waals surface area contributed by atoms with Crippen LogP contribution in [0.3, 0.4) is 0 Å². The second-order valence-corrected chi connectivity index (χ2v) is 13.1. The van der Waals surface area contributed by atoms with Crippen molar-refractivity contribution < 1.29 is 0 Å². The van der Waals surface area contributed by atoms with Crippen LogP contribution in [-0.2, 0) is 0 Å². The summed E-state index contributed by atoms with van der Waals surface area (Å²) in [4.78, 5) is 7.20. The van der Waals surface area contributed by atoms with E-state index in [1.54, 1.807) is 11.8 Å². The van der Waals surface area contributed by atoms with E-state index in [-0.39, 0.29) is 0 Å². The summed E-state index contributed by atoms with van der Waals surface area (Å²) in [5.74, 6) is 1.75. The maximum absolute atomic E-state index is 6.19. The fourth-order valence-corrected chi connectivity index (χ4v) is 7.28. The van der Waals surface area contributed by atoms with Gasteiger partial charge in [-0.15, -0.1) is 20.4 Å². The molecular formula is C31H31ClN6S3. The Morgan fingerprint density at radius 1 is 0.854 bits per heavy atom. The molecule has 0 fully saturated rings. The molecule has 1 atom stereocenters. The van der Waals surface area contributed by atoms with Crippen molar-refractivity contribution in [2.75, 3.05) is 10.7 Å². The zero-order valence-electron chi connectivity index (χ0n) is 23.0. The number of unbranched alkanes of at least 4 members (excludes halogenated alkanes) is 1. The predicted molar refractivity (Wildman–Crippen MR) is 175 cm³/mol. The van der Waals surface area contributed by atoms with Crippen LogP contribution < -0.4 is 4.90 Å². The van der Waals surface area contributed by atoms with E-state index in [9.17, 15) is 0 Å². The minimum Gasteiger partial charge on any atom is -0.286 e. The molecule has 2 aromatic heterocycles. The number of nitrogens with zero attached hydrogens (tertiary/aromatic N) is 6. The van der Waals surface area contributed by atoms with Gasteiger partial charge in [0.25, 0.3) is 5.13 Å². The Balaban J connectivity index is 1.45. The second kappa shape index (κ2) is 14.7. The van der Waals surface area contributed by atoms with Crippen molar-refractivity contribution in [1.29, 1.82) is 0 Å². The molecule has 210 valence electrons. The number of hydrogen-bond donors (Lipinski definition) is 0. The first-order chi connectivity index (χ1) is 20.1. The molecule has 0 amide bonds. The summed E-state index contributed by atoms with van der Waals surface area (Å²) >= 11 is 10.9. The van der Waals surface area contributed by atoms with E-state index in [2.05, 4.69) is 63.4 Å². The number of halogens is 1. The Kier molecular flexibility index (Phi) is 10.5. The molecule has 0 radical (unpaired) electrons. The van der Waals surface area contributed by atoms with Crippen LogP contribution in [-0.4, -0.2) is 20.9 Å². The third-order valence-corrected chi connectivity index (χ3v) is 9.89. The Hall–Kier alpha value is -3.11. The molecule has 3 aromatic carbocycles. The van der Waals surface area contributed by atoms with Gasteiger partial charge in [0.1, 0.15) is 5.69 Å². The third kappa shape index (κ3) is 7.80. The van der Waals surface area contributed by atoms with E-state index >= 15 is 0 Å². The topological polar surface area (TPSA) is 66.6 Å². The fraction of sp³-hybridized carbons (Fsp3) is 0.258. The van der Waals surface area contributed by atoms with Crippen molar-refractivity contribution in [1.82, 2.24) is 15.2 Å². The molecule has 0 saturated carbocycles. The first kappa shape index (κ1) is 29.4. The van der Waals surface area contributed by atoms with Gasteiger partial charge in [0.2, 0.25) is 0 Å². The highest BCUT2D eigenvalue weighted by Gasteiger charge is 2.21. The highest BCUT2D eigenvalue weighted by molar-refractivity contribution is 8.01. The molecule has 6 nitrogen and oxygen atoms in total. The molecule has 2 heterocycles. The van der Waals surface area contributed by atoms with Gasteiger partial charge in [-0.2, -0.15) is 0 Å². The minimum atomic E-state index is 0.536. The number of rotatable bonds is 13. The number of aromatic nitrogens is 3. The van der Waals surface area contributed by atoms with Crippen molar-refractivity contribution in [3.05, 3.63) is 90.0 Å².